The van der Waals surface area contributed by atoms with Gasteiger partial charge in [0.2, 0.25) is 0 Å². The monoisotopic (exact) mass is 339 g/mol. The van der Waals surface area contributed by atoms with E-state index in [0.29, 0.717) is 12.1 Å². The van der Waals surface area contributed by atoms with Gasteiger partial charge in [0, 0.05) is 5.38 Å². The molecule has 120 valence electrons. The highest BCUT2D eigenvalue weighted by Gasteiger charge is 2.17. The van der Waals surface area contributed by atoms with Crippen LogP contribution in [-0.4, -0.2) is 19.6 Å². The van der Waals surface area contributed by atoms with E-state index in [2.05, 4.69) is 9.97 Å². The van der Waals surface area contributed by atoms with E-state index in [1.807, 2.05) is 34.2 Å². The lowest BCUT2D eigenvalue weighted by Crippen LogP contribution is -2.10. The minimum atomic E-state index is -0.763. The van der Waals surface area contributed by atoms with Crippen LogP contribution in [0.1, 0.15) is 11.7 Å². The second-order valence-electron chi connectivity index (χ2n) is 5.48. The van der Waals surface area contributed by atoms with Crippen molar-refractivity contribution in [1.29, 1.82) is 0 Å². The highest BCUT2D eigenvalue weighted by atomic mass is 32.1. The van der Waals surface area contributed by atoms with Crippen molar-refractivity contribution in [3.63, 3.8) is 0 Å². The third kappa shape index (κ3) is 2.70. The van der Waals surface area contributed by atoms with Gasteiger partial charge in [0.1, 0.15) is 11.5 Å². The molecule has 6 heteroatoms. The lowest BCUT2D eigenvalue weighted by molar-refractivity contribution is 0.158. The molecule has 1 atom stereocenters. The van der Waals surface area contributed by atoms with Gasteiger partial charge in [-0.25, -0.2) is 14.4 Å². The van der Waals surface area contributed by atoms with Crippen LogP contribution in [0.25, 0.3) is 22.6 Å². The molecule has 0 fully saturated rings. The van der Waals surface area contributed by atoms with Crippen molar-refractivity contribution < 1.29 is 9.50 Å². The van der Waals surface area contributed by atoms with E-state index in [0.717, 1.165) is 22.6 Å². The predicted octanol–water partition coefficient (Wildman–Crippen LogP) is 4.03. The highest BCUT2D eigenvalue weighted by Crippen LogP contribution is 2.27. The molecule has 0 saturated carbocycles. The zero-order valence-corrected chi connectivity index (χ0v) is 13.4. The van der Waals surface area contributed by atoms with Gasteiger partial charge in [-0.3, -0.25) is 0 Å². The summed E-state index contributed by atoms with van der Waals surface area (Å²) < 4.78 is 15.0. The van der Waals surface area contributed by atoms with Gasteiger partial charge in [-0.1, -0.05) is 24.3 Å². The number of nitrogens with zero attached hydrogens (tertiary/aromatic N) is 3. The van der Waals surface area contributed by atoms with E-state index in [1.165, 1.54) is 23.5 Å². The van der Waals surface area contributed by atoms with E-state index >= 15 is 0 Å². The summed E-state index contributed by atoms with van der Waals surface area (Å²) in [7, 11) is 0. The van der Waals surface area contributed by atoms with Crippen LogP contribution in [0.5, 0.6) is 0 Å². The van der Waals surface area contributed by atoms with Gasteiger partial charge in [0.05, 0.1) is 29.2 Å². The highest BCUT2D eigenvalue weighted by molar-refractivity contribution is 7.07. The topological polar surface area (TPSA) is 50.9 Å². The molecule has 1 N–H and O–H groups in total. The molecule has 0 radical (unpaired) electrons. The van der Waals surface area contributed by atoms with Crippen LogP contribution in [0.3, 0.4) is 0 Å². The van der Waals surface area contributed by atoms with E-state index in [1.54, 1.807) is 17.6 Å². The molecule has 0 bridgehead atoms. The van der Waals surface area contributed by atoms with Gasteiger partial charge in [-0.2, -0.15) is 0 Å². The molecule has 2 aromatic heterocycles. The summed E-state index contributed by atoms with van der Waals surface area (Å²) in [6, 6.07) is 13.7. The molecular formula is C18H14FN3OS. The summed E-state index contributed by atoms with van der Waals surface area (Å²) in [5.74, 6) is 0.404. The fraction of sp³-hybridized carbons (Fsp3) is 0.111. The van der Waals surface area contributed by atoms with Crippen molar-refractivity contribution in [2.75, 3.05) is 0 Å². The largest absolute Gasteiger partial charge is 0.387 e. The Balaban J connectivity index is 1.77. The third-order valence-corrected chi connectivity index (χ3v) is 4.51. The number of imidazole rings is 1. The van der Waals surface area contributed by atoms with Crippen LogP contribution in [0, 0.1) is 5.82 Å². The summed E-state index contributed by atoms with van der Waals surface area (Å²) in [6.07, 6.45) is -0.763. The average Bonchev–Trinajstić information content (AvgIpc) is 3.23. The number of hydrogen-bond acceptors (Lipinski definition) is 4. The fourth-order valence-electron chi connectivity index (χ4n) is 2.74. The van der Waals surface area contributed by atoms with Crippen molar-refractivity contribution in [1.82, 2.24) is 14.5 Å². The molecule has 0 spiro atoms. The smallest absolute Gasteiger partial charge is 0.160 e. The average molecular weight is 339 g/mol. The summed E-state index contributed by atoms with van der Waals surface area (Å²) in [5.41, 5.74) is 4.99. The number of aliphatic hydroxyl groups is 1. The van der Waals surface area contributed by atoms with Crippen LogP contribution < -0.4 is 0 Å². The fourth-order valence-corrected chi connectivity index (χ4v) is 3.27. The lowest BCUT2D eigenvalue weighted by Gasteiger charge is -2.14. The Hall–Kier alpha value is -2.57. The normalized spacial score (nSPS) is 12.6. The van der Waals surface area contributed by atoms with Crippen LogP contribution in [0.4, 0.5) is 4.39 Å². The Morgan fingerprint density at radius 1 is 1.12 bits per heavy atom. The summed E-state index contributed by atoms with van der Waals surface area (Å²) >= 11 is 1.50. The number of aliphatic hydroxyl groups excluding tert-OH is 1. The van der Waals surface area contributed by atoms with E-state index in [9.17, 15) is 9.50 Å². The Labute approximate surface area is 141 Å². The molecule has 4 nitrogen and oxygen atoms in total. The van der Waals surface area contributed by atoms with Crippen molar-refractivity contribution in [3.05, 3.63) is 70.8 Å². The number of aromatic nitrogens is 3. The van der Waals surface area contributed by atoms with E-state index in [-0.39, 0.29) is 5.82 Å². The van der Waals surface area contributed by atoms with Gasteiger partial charge >= 0.3 is 0 Å². The van der Waals surface area contributed by atoms with Crippen molar-refractivity contribution in [2.24, 2.45) is 0 Å². The first-order valence-corrected chi connectivity index (χ1v) is 8.44. The zero-order valence-electron chi connectivity index (χ0n) is 12.6. The zero-order chi connectivity index (χ0) is 16.5. The van der Waals surface area contributed by atoms with Gasteiger partial charge in [0.15, 0.2) is 5.82 Å². The first-order chi connectivity index (χ1) is 11.7. The number of thiazole rings is 1. The molecule has 0 aliphatic rings. The number of fused-ring (bicyclic) bond motifs is 1. The molecule has 1 unspecified atom stereocenters. The van der Waals surface area contributed by atoms with Gasteiger partial charge in [-0.05, 0) is 29.8 Å². The van der Waals surface area contributed by atoms with Crippen molar-refractivity contribution >= 4 is 22.4 Å². The molecule has 0 amide bonds. The molecule has 4 rings (SSSR count). The number of hydrogen-bond donors (Lipinski definition) is 1. The maximum atomic E-state index is 13.1. The number of rotatable bonds is 4. The second-order valence-corrected chi connectivity index (χ2v) is 6.19. The second kappa shape index (κ2) is 6.14. The summed E-state index contributed by atoms with van der Waals surface area (Å²) in [5, 5.41) is 12.5. The number of benzene rings is 2. The maximum absolute atomic E-state index is 13.1. The molecule has 0 saturated heterocycles. The molecule has 0 aliphatic heterocycles. The van der Waals surface area contributed by atoms with Crippen LogP contribution >= 0.6 is 11.3 Å². The van der Waals surface area contributed by atoms with Crippen LogP contribution in [0.2, 0.25) is 0 Å². The minimum absolute atomic E-state index is 0.317. The standard InChI is InChI=1S/C18H14FN3OS/c19-13-7-5-12(6-8-13)17(23)9-22-16-4-2-1-3-14(16)21-18(22)15-10-24-11-20-15/h1-8,10-11,17,23H,9H2. The van der Waals surface area contributed by atoms with Crippen LogP contribution in [-0.2, 0) is 6.54 Å². The Morgan fingerprint density at radius 2 is 1.92 bits per heavy atom. The predicted molar refractivity (Wildman–Crippen MR) is 92.2 cm³/mol. The molecule has 2 heterocycles. The number of halogens is 1. The van der Waals surface area contributed by atoms with Gasteiger partial charge in [-0.15, -0.1) is 11.3 Å². The first-order valence-electron chi connectivity index (χ1n) is 7.50. The summed E-state index contributed by atoms with van der Waals surface area (Å²) in [4.78, 5) is 8.99. The minimum Gasteiger partial charge on any atom is -0.387 e. The third-order valence-electron chi connectivity index (χ3n) is 3.93. The first kappa shape index (κ1) is 15.0. The van der Waals surface area contributed by atoms with Crippen molar-refractivity contribution in [3.8, 4) is 11.5 Å². The Morgan fingerprint density at radius 3 is 2.67 bits per heavy atom. The van der Waals surface area contributed by atoms with E-state index < -0.39 is 6.10 Å². The molecule has 2 aromatic carbocycles. The number of para-hydroxylation sites is 2. The quantitative estimate of drug-likeness (QED) is 0.611. The van der Waals surface area contributed by atoms with Crippen LogP contribution in [0.15, 0.2) is 59.4 Å². The molecule has 4 aromatic rings. The maximum Gasteiger partial charge on any atom is 0.160 e. The van der Waals surface area contributed by atoms with Crippen molar-refractivity contribution in [2.45, 2.75) is 12.6 Å². The van der Waals surface area contributed by atoms with Gasteiger partial charge < -0.3 is 9.67 Å². The molecule has 24 heavy (non-hydrogen) atoms. The molecule has 0 aliphatic carbocycles. The lowest BCUT2D eigenvalue weighted by atomic mass is 10.1. The van der Waals surface area contributed by atoms with Gasteiger partial charge in [0.25, 0.3) is 0 Å². The molecular weight excluding hydrogens is 325 g/mol. The SMILES string of the molecule is OC(Cn1c(-c2cscn2)nc2ccccc21)c1ccc(F)cc1. The Bertz CT molecular complexity index is 964. The van der Waals surface area contributed by atoms with E-state index in [4.69, 9.17) is 0 Å². The summed E-state index contributed by atoms with van der Waals surface area (Å²) in [6.45, 7) is 0.318. The Kier molecular flexibility index (Phi) is 3.84.